The lowest BCUT2D eigenvalue weighted by Gasteiger charge is -2.60. The van der Waals surface area contributed by atoms with Gasteiger partial charge in [0.15, 0.2) is 8.83 Å². The van der Waals surface area contributed by atoms with E-state index in [0.717, 1.165) is 59.7 Å². The van der Waals surface area contributed by atoms with Crippen LogP contribution in [-0.2, 0) is 12.8 Å². The smallest absolute Gasteiger partial charge is 0.227 e. The summed E-state index contributed by atoms with van der Waals surface area (Å²) in [5.74, 6) is 5.43. The maximum absolute atomic E-state index is 10.8. The number of aromatic hydroxyl groups is 1. The fraction of sp³-hybridized carbons (Fsp3) is 0.735. The molecule has 4 nitrogen and oxygen atoms in total. The van der Waals surface area contributed by atoms with Gasteiger partial charge < -0.3 is 5.11 Å². The van der Waals surface area contributed by atoms with Gasteiger partial charge in [0.1, 0.15) is 17.1 Å². The summed E-state index contributed by atoms with van der Waals surface area (Å²) in [7, 11) is 0. The Balaban J connectivity index is 1.27. The third kappa shape index (κ3) is 4.56. The van der Waals surface area contributed by atoms with Crippen molar-refractivity contribution in [3.63, 3.8) is 0 Å². The monoisotopic (exact) mass is 607 g/mol. The van der Waals surface area contributed by atoms with Gasteiger partial charge in [0.2, 0.25) is 5.88 Å². The highest BCUT2D eigenvalue weighted by Gasteiger charge is 2.60. The highest BCUT2D eigenvalue weighted by atomic mass is 32.1. The van der Waals surface area contributed by atoms with E-state index in [2.05, 4.69) is 46.8 Å². The molecule has 0 radical (unpaired) electrons. The van der Waals surface area contributed by atoms with E-state index in [1.54, 1.807) is 15.9 Å². The van der Waals surface area contributed by atoms with Gasteiger partial charge in [-0.1, -0.05) is 65.2 Å². The van der Waals surface area contributed by atoms with Crippen LogP contribution in [0.25, 0.3) is 5.00 Å². The van der Waals surface area contributed by atoms with Gasteiger partial charge >= 0.3 is 0 Å². The lowest BCUT2D eigenvalue weighted by atomic mass is 9.44. The Morgan fingerprint density at radius 3 is 2.44 bits per heavy atom. The van der Waals surface area contributed by atoms with Gasteiger partial charge in [-0.05, 0) is 121 Å². The quantitative estimate of drug-likeness (QED) is 0.332. The molecule has 0 saturated heterocycles. The molecule has 3 saturated carbocycles. The summed E-state index contributed by atoms with van der Waals surface area (Å²) in [4.78, 5) is 1.52. The van der Waals surface area contributed by atoms with E-state index in [4.69, 9.17) is 12.2 Å². The van der Waals surface area contributed by atoms with E-state index < -0.39 is 0 Å². The molecule has 4 aliphatic carbocycles. The average molecular weight is 608 g/mol. The SMILES string of the molecule is CC(C)CCC[C@@H](C)[C@H]1CC[C@H]2[C@@H]3CC[C@H]4Cc5c(sc(-n6c(O)c(C#N)sc6=S)c5C#N)C[C@]4(C)[C@H]3CC[C@]12C. The highest BCUT2D eigenvalue weighted by molar-refractivity contribution is 7.73. The molecule has 7 heteroatoms. The molecule has 0 aliphatic heterocycles. The minimum absolute atomic E-state index is 0.123. The zero-order chi connectivity index (χ0) is 29.3. The fourth-order valence-corrected chi connectivity index (χ4v) is 13.2. The summed E-state index contributed by atoms with van der Waals surface area (Å²) in [5, 5.41) is 31.2. The van der Waals surface area contributed by atoms with Gasteiger partial charge in [0, 0.05) is 4.88 Å². The average Bonchev–Trinajstić information content (AvgIpc) is 3.55. The zero-order valence-electron chi connectivity index (χ0n) is 25.3. The number of thiazole rings is 1. The van der Waals surface area contributed by atoms with Crippen molar-refractivity contribution in [2.45, 2.75) is 105 Å². The number of thiophene rings is 1. The Morgan fingerprint density at radius 1 is 1.00 bits per heavy atom. The lowest BCUT2D eigenvalue weighted by molar-refractivity contribution is -0.103. The summed E-state index contributed by atoms with van der Waals surface area (Å²) in [6.45, 7) is 12.5. The van der Waals surface area contributed by atoms with Crippen molar-refractivity contribution in [3.8, 4) is 23.0 Å². The summed E-state index contributed by atoms with van der Waals surface area (Å²) < 4.78 is 2.00. The molecule has 41 heavy (non-hydrogen) atoms. The first kappa shape index (κ1) is 29.4. The van der Waals surface area contributed by atoms with Crippen LogP contribution < -0.4 is 0 Å². The second-order valence-corrected chi connectivity index (χ2v) is 17.6. The van der Waals surface area contributed by atoms with E-state index in [0.29, 0.717) is 25.9 Å². The number of rotatable bonds is 6. The van der Waals surface area contributed by atoms with E-state index >= 15 is 0 Å². The van der Waals surface area contributed by atoms with Crippen LogP contribution in [0.5, 0.6) is 5.88 Å². The minimum Gasteiger partial charge on any atom is -0.493 e. The number of fused-ring (bicyclic) bond motifs is 6. The number of nitriles is 2. The molecule has 1 N–H and O–H groups in total. The normalized spacial score (nSPS) is 34.7. The molecular weight excluding hydrogens is 563 g/mol. The van der Waals surface area contributed by atoms with Gasteiger partial charge in [0.25, 0.3) is 0 Å². The third-order valence-electron chi connectivity index (χ3n) is 12.5. The van der Waals surface area contributed by atoms with Crippen molar-refractivity contribution in [1.82, 2.24) is 4.57 Å². The Hall–Kier alpha value is -1.67. The number of aromatic nitrogens is 1. The molecule has 0 unspecified atom stereocenters. The number of hydrogen-bond donors (Lipinski definition) is 1. The molecule has 2 heterocycles. The maximum atomic E-state index is 10.8. The highest BCUT2D eigenvalue weighted by Crippen LogP contribution is 2.68. The first-order chi connectivity index (χ1) is 19.5. The van der Waals surface area contributed by atoms with Crippen LogP contribution in [0.4, 0.5) is 0 Å². The zero-order valence-corrected chi connectivity index (χ0v) is 27.8. The molecule has 6 rings (SSSR count). The van der Waals surface area contributed by atoms with Gasteiger partial charge in [-0.25, -0.2) is 0 Å². The van der Waals surface area contributed by atoms with Gasteiger partial charge in [-0.3, -0.25) is 4.57 Å². The molecule has 2 aromatic rings. The first-order valence-electron chi connectivity index (χ1n) is 15.9. The van der Waals surface area contributed by atoms with Crippen molar-refractivity contribution < 1.29 is 5.11 Å². The van der Waals surface area contributed by atoms with Crippen LogP contribution in [0.2, 0.25) is 0 Å². The molecule has 4 aliphatic rings. The largest absolute Gasteiger partial charge is 0.493 e. The van der Waals surface area contributed by atoms with Crippen LogP contribution in [0.3, 0.4) is 0 Å². The van der Waals surface area contributed by atoms with Gasteiger partial charge in [0.05, 0.1) is 5.56 Å². The number of hydrogen-bond acceptors (Lipinski definition) is 6. The molecule has 0 amide bonds. The molecule has 0 bridgehead atoms. The van der Waals surface area contributed by atoms with Crippen LogP contribution in [0.15, 0.2) is 0 Å². The lowest BCUT2D eigenvalue weighted by Crippen LogP contribution is -2.54. The molecule has 2 aromatic heterocycles. The second-order valence-electron chi connectivity index (χ2n) is 14.8. The molecule has 0 spiro atoms. The van der Waals surface area contributed by atoms with Gasteiger partial charge in [-0.2, -0.15) is 10.5 Å². The Labute approximate surface area is 259 Å². The second kappa shape index (κ2) is 10.8. The molecule has 0 aromatic carbocycles. The number of nitrogens with zero attached hydrogens (tertiary/aromatic N) is 3. The van der Waals surface area contributed by atoms with E-state index in [1.807, 2.05) is 0 Å². The third-order valence-corrected chi connectivity index (χ3v) is 15.0. The first-order valence-corrected chi connectivity index (χ1v) is 18.0. The minimum atomic E-state index is -0.123. The predicted octanol–water partition coefficient (Wildman–Crippen LogP) is 9.81. The van der Waals surface area contributed by atoms with Crippen molar-refractivity contribution in [2.75, 3.05) is 0 Å². The summed E-state index contributed by atoms with van der Waals surface area (Å²) in [6.07, 6.45) is 14.3. The van der Waals surface area contributed by atoms with Crippen molar-refractivity contribution >= 4 is 34.9 Å². The van der Waals surface area contributed by atoms with Crippen LogP contribution >= 0.6 is 34.9 Å². The van der Waals surface area contributed by atoms with Gasteiger partial charge in [-0.15, -0.1) is 11.3 Å². The van der Waals surface area contributed by atoms with Crippen LogP contribution in [0.1, 0.15) is 113 Å². The van der Waals surface area contributed by atoms with Crippen molar-refractivity contribution in [3.05, 3.63) is 24.8 Å². The van der Waals surface area contributed by atoms with Crippen LogP contribution in [-0.4, -0.2) is 9.67 Å². The standard InChI is InChI=1S/C34H45N3OS3/c1-19(2)7-6-8-20(3)25-11-12-26-22-10-9-21-15-23-24(17-35)31(37-30(38)29(18-36)41-32(37)39)40-28(23)16-34(21,5)27(22)13-14-33(25,26)4/h19-22,25-27,38H,6-16H2,1-5H3/t20-,21+,22+,25-,26+,27+,33-,34+/m1/s1. The molecule has 3 fully saturated rings. The van der Waals surface area contributed by atoms with E-state index in [-0.39, 0.29) is 16.2 Å². The van der Waals surface area contributed by atoms with E-state index in [9.17, 15) is 15.6 Å². The van der Waals surface area contributed by atoms with Crippen molar-refractivity contribution in [2.24, 2.45) is 52.3 Å². The van der Waals surface area contributed by atoms with Crippen molar-refractivity contribution in [1.29, 1.82) is 10.5 Å². The maximum Gasteiger partial charge on any atom is 0.227 e. The Bertz CT molecular complexity index is 1470. The summed E-state index contributed by atoms with van der Waals surface area (Å²) in [6, 6.07) is 4.52. The Kier molecular flexibility index (Phi) is 7.74. The summed E-state index contributed by atoms with van der Waals surface area (Å²) in [5.41, 5.74) is 2.58. The van der Waals surface area contributed by atoms with Crippen LogP contribution in [0, 0.1) is 78.9 Å². The summed E-state index contributed by atoms with van der Waals surface area (Å²) >= 11 is 8.28. The topological polar surface area (TPSA) is 72.7 Å². The predicted molar refractivity (Wildman–Crippen MR) is 170 cm³/mol. The van der Waals surface area contributed by atoms with E-state index in [1.165, 1.54) is 68.2 Å². The molecule has 8 atom stereocenters. The molecular formula is C34H45N3OS3. The Morgan fingerprint density at radius 2 is 1.76 bits per heavy atom. The fourth-order valence-electron chi connectivity index (χ4n) is 10.5. The molecule has 220 valence electrons.